The molecular formula is C16H22F3N3O. The molecule has 1 fully saturated rings. The minimum Gasteiger partial charge on any atom is -0.398 e. The van der Waals surface area contributed by atoms with Crippen LogP contribution in [0.25, 0.3) is 0 Å². The van der Waals surface area contributed by atoms with Crippen molar-refractivity contribution < 1.29 is 18.0 Å². The number of anilines is 2. The van der Waals surface area contributed by atoms with Gasteiger partial charge >= 0.3 is 6.18 Å². The van der Waals surface area contributed by atoms with Crippen LogP contribution in [0, 0.1) is 5.92 Å². The molecule has 1 aromatic carbocycles. The third kappa shape index (κ3) is 4.37. The van der Waals surface area contributed by atoms with E-state index in [1.807, 2.05) is 0 Å². The van der Waals surface area contributed by atoms with Crippen LogP contribution in [0.5, 0.6) is 0 Å². The monoisotopic (exact) mass is 329 g/mol. The summed E-state index contributed by atoms with van der Waals surface area (Å²) in [5, 5.41) is 2.55. The summed E-state index contributed by atoms with van der Waals surface area (Å²) in [6, 6.07) is 3.03. The maximum atomic E-state index is 12.9. The maximum Gasteiger partial charge on any atom is 0.418 e. The van der Waals surface area contributed by atoms with Crippen molar-refractivity contribution in [1.82, 2.24) is 4.90 Å². The van der Waals surface area contributed by atoms with E-state index in [1.165, 1.54) is 6.07 Å². The predicted molar refractivity (Wildman–Crippen MR) is 83.9 cm³/mol. The minimum absolute atomic E-state index is 0.105. The molecule has 1 amide bonds. The first-order valence-corrected chi connectivity index (χ1v) is 7.70. The van der Waals surface area contributed by atoms with Gasteiger partial charge in [-0.1, -0.05) is 6.92 Å². The van der Waals surface area contributed by atoms with Gasteiger partial charge in [0, 0.05) is 11.4 Å². The molecule has 0 spiro atoms. The number of likely N-dealkylation sites (tertiary alicyclic amines) is 1. The maximum absolute atomic E-state index is 12.9. The van der Waals surface area contributed by atoms with Crippen molar-refractivity contribution in [2.75, 3.05) is 24.1 Å². The quantitative estimate of drug-likeness (QED) is 0.836. The molecule has 1 aliphatic rings. The average molecular weight is 329 g/mol. The zero-order valence-electron chi connectivity index (χ0n) is 13.3. The topological polar surface area (TPSA) is 58.4 Å². The Labute approximate surface area is 133 Å². The number of hydrogen-bond donors (Lipinski definition) is 2. The molecule has 0 bridgehead atoms. The number of alkyl halides is 3. The van der Waals surface area contributed by atoms with E-state index in [4.69, 9.17) is 5.73 Å². The molecule has 23 heavy (non-hydrogen) atoms. The molecule has 0 saturated carbocycles. The number of amides is 1. The molecular weight excluding hydrogens is 307 g/mol. The summed E-state index contributed by atoms with van der Waals surface area (Å²) in [7, 11) is 0. The molecule has 128 valence electrons. The predicted octanol–water partition coefficient (Wildman–Crippen LogP) is 3.35. The first-order valence-electron chi connectivity index (χ1n) is 7.70. The first-order chi connectivity index (χ1) is 10.7. The lowest BCUT2D eigenvalue weighted by atomic mass is 9.98. The fourth-order valence-electron chi connectivity index (χ4n) is 2.71. The molecule has 0 aliphatic carbocycles. The Bertz CT molecular complexity index is 566. The van der Waals surface area contributed by atoms with Gasteiger partial charge in [-0.3, -0.25) is 9.69 Å². The fourth-order valence-corrected chi connectivity index (χ4v) is 2.71. The van der Waals surface area contributed by atoms with Gasteiger partial charge in [0.25, 0.3) is 0 Å². The van der Waals surface area contributed by atoms with E-state index in [0.29, 0.717) is 5.92 Å². The number of nitrogens with two attached hydrogens (primary N) is 1. The van der Waals surface area contributed by atoms with Crippen molar-refractivity contribution >= 4 is 17.3 Å². The number of nitrogens with zero attached hydrogens (tertiary/aromatic N) is 1. The lowest BCUT2D eigenvalue weighted by Gasteiger charge is -2.34. The summed E-state index contributed by atoms with van der Waals surface area (Å²) >= 11 is 0. The molecule has 1 saturated heterocycles. The van der Waals surface area contributed by atoms with Crippen LogP contribution in [0.4, 0.5) is 24.5 Å². The van der Waals surface area contributed by atoms with Crippen molar-refractivity contribution in [3.8, 4) is 0 Å². The largest absolute Gasteiger partial charge is 0.418 e. The van der Waals surface area contributed by atoms with Crippen molar-refractivity contribution in [2.24, 2.45) is 5.92 Å². The number of nitrogens with one attached hydrogen (secondary N) is 1. The van der Waals surface area contributed by atoms with E-state index in [1.54, 1.807) is 6.92 Å². The lowest BCUT2D eigenvalue weighted by molar-refractivity contribution is -0.137. The van der Waals surface area contributed by atoms with Crippen LogP contribution in [-0.2, 0) is 11.0 Å². The molecule has 1 atom stereocenters. The van der Waals surface area contributed by atoms with E-state index in [0.717, 1.165) is 38.1 Å². The average Bonchev–Trinajstić information content (AvgIpc) is 2.48. The van der Waals surface area contributed by atoms with Gasteiger partial charge in [-0.2, -0.15) is 13.2 Å². The highest BCUT2D eigenvalue weighted by Gasteiger charge is 2.33. The smallest absolute Gasteiger partial charge is 0.398 e. The third-order valence-electron chi connectivity index (χ3n) is 4.37. The number of hydrogen-bond acceptors (Lipinski definition) is 3. The molecule has 3 N–H and O–H groups in total. The summed E-state index contributed by atoms with van der Waals surface area (Å²) in [6.45, 7) is 5.60. The van der Waals surface area contributed by atoms with Crippen LogP contribution in [0.1, 0.15) is 32.3 Å². The van der Waals surface area contributed by atoms with Crippen LogP contribution < -0.4 is 11.1 Å². The second-order valence-corrected chi connectivity index (χ2v) is 6.18. The second kappa shape index (κ2) is 6.78. The van der Waals surface area contributed by atoms with Crippen LogP contribution >= 0.6 is 0 Å². The van der Waals surface area contributed by atoms with Crippen molar-refractivity contribution in [3.05, 3.63) is 23.8 Å². The standard InChI is InChI=1S/C16H22F3N3O/c1-10-5-7-22(8-6-10)11(2)15(23)21-12-3-4-14(20)13(9-12)16(17,18)19/h3-4,9-11H,5-8,20H2,1-2H3,(H,21,23). The lowest BCUT2D eigenvalue weighted by Crippen LogP contribution is -2.45. The number of rotatable bonds is 3. The van der Waals surface area contributed by atoms with Gasteiger partial charge in [-0.15, -0.1) is 0 Å². The molecule has 0 aromatic heterocycles. The van der Waals surface area contributed by atoms with Gasteiger partial charge in [0.05, 0.1) is 11.6 Å². The number of carbonyl (C=O) groups is 1. The number of halogens is 3. The Morgan fingerprint density at radius 3 is 2.52 bits per heavy atom. The van der Waals surface area contributed by atoms with Crippen LogP contribution in [0.15, 0.2) is 18.2 Å². The first kappa shape index (κ1) is 17.6. The Morgan fingerprint density at radius 2 is 1.96 bits per heavy atom. The molecule has 7 heteroatoms. The summed E-state index contributed by atoms with van der Waals surface area (Å²) in [5.41, 5.74) is 4.17. The normalized spacial score (nSPS) is 18.7. The summed E-state index contributed by atoms with van der Waals surface area (Å²) in [4.78, 5) is 14.3. The van der Waals surface area contributed by atoms with E-state index < -0.39 is 11.7 Å². The summed E-state index contributed by atoms with van der Waals surface area (Å²) in [5.74, 6) is 0.338. The molecule has 1 unspecified atom stereocenters. The highest BCUT2D eigenvalue weighted by atomic mass is 19.4. The highest BCUT2D eigenvalue weighted by molar-refractivity contribution is 5.94. The van der Waals surface area contributed by atoms with Crippen molar-refractivity contribution in [3.63, 3.8) is 0 Å². The number of piperidine rings is 1. The minimum atomic E-state index is -4.54. The summed E-state index contributed by atoms with van der Waals surface area (Å²) < 4.78 is 38.6. The Kier molecular flexibility index (Phi) is 5.19. The third-order valence-corrected chi connectivity index (χ3v) is 4.37. The van der Waals surface area contributed by atoms with E-state index >= 15 is 0 Å². The SMILES string of the molecule is CC1CCN(C(C)C(=O)Nc2ccc(N)c(C(F)(F)F)c2)CC1. The van der Waals surface area contributed by atoms with Gasteiger partial charge in [-0.25, -0.2) is 0 Å². The number of nitrogen functional groups attached to an aromatic ring is 1. The Hall–Kier alpha value is -1.76. The fraction of sp³-hybridized carbons (Fsp3) is 0.562. The second-order valence-electron chi connectivity index (χ2n) is 6.18. The number of carbonyl (C=O) groups excluding carboxylic acids is 1. The van der Waals surface area contributed by atoms with Gasteiger partial charge in [0.2, 0.25) is 5.91 Å². The van der Waals surface area contributed by atoms with Crippen molar-refractivity contribution in [2.45, 2.75) is 38.9 Å². The summed E-state index contributed by atoms with van der Waals surface area (Å²) in [6.07, 6.45) is -2.49. The van der Waals surface area contributed by atoms with Crippen LogP contribution in [0.3, 0.4) is 0 Å². The molecule has 1 aliphatic heterocycles. The molecule has 2 rings (SSSR count). The Balaban J connectivity index is 2.05. The van der Waals surface area contributed by atoms with Gasteiger partial charge < -0.3 is 11.1 Å². The Morgan fingerprint density at radius 1 is 1.35 bits per heavy atom. The van der Waals surface area contributed by atoms with E-state index in [-0.39, 0.29) is 23.3 Å². The van der Waals surface area contributed by atoms with Gasteiger partial charge in [0.1, 0.15) is 0 Å². The zero-order valence-corrected chi connectivity index (χ0v) is 13.3. The van der Waals surface area contributed by atoms with Gasteiger partial charge in [0.15, 0.2) is 0 Å². The zero-order chi connectivity index (χ0) is 17.2. The highest BCUT2D eigenvalue weighted by Crippen LogP contribution is 2.35. The molecule has 4 nitrogen and oxygen atoms in total. The number of benzene rings is 1. The van der Waals surface area contributed by atoms with E-state index in [2.05, 4.69) is 17.1 Å². The van der Waals surface area contributed by atoms with Crippen molar-refractivity contribution in [1.29, 1.82) is 0 Å². The molecule has 1 aromatic rings. The van der Waals surface area contributed by atoms with E-state index in [9.17, 15) is 18.0 Å². The van der Waals surface area contributed by atoms with Gasteiger partial charge in [-0.05, 0) is 57.0 Å². The molecule has 0 radical (unpaired) electrons. The van der Waals surface area contributed by atoms with Crippen LogP contribution in [0.2, 0.25) is 0 Å². The molecule has 1 heterocycles. The van der Waals surface area contributed by atoms with Crippen LogP contribution in [-0.4, -0.2) is 29.9 Å².